The minimum Gasteiger partial charge on any atom is -0.392 e. The predicted molar refractivity (Wildman–Crippen MR) is 80.9 cm³/mol. The predicted octanol–water partition coefficient (Wildman–Crippen LogP) is 1.90. The van der Waals surface area contributed by atoms with Crippen LogP contribution in [0.1, 0.15) is 5.56 Å². The number of sulfonamides is 1. The number of aliphatic hydroxyl groups is 1. The van der Waals surface area contributed by atoms with Gasteiger partial charge in [-0.05, 0) is 12.1 Å². The van der Waals surface area contributed by atoms with Crippen LogP contribution >= 0.6 is 15.9 Å². The molecule has 118 valence electrons. The molecular weight excluding hydrogens is 365 g/mol. The van der Waals surface area contributed by atoms with Crippen molar-refractivity contribution in [1.29, 1.82) is 0 Å². The Hall–Kier alpha value is -0.800. The maximum Gasteiger partial charge on any atom is 0.246 e. The molecule has 1 aromatic rings. The largest absolute Gasteiger partial charge is 0.392 e. The third-order valence-corrected chi connectivity index (χ3v) is 5.07. The third-order valence-electron chi connectivity index (χ3n) is 2.75. The molecule has 0 saturated heterocycles. The van der Waals surface area contributed by atoms with Crippen molar-refractivity contribution in [2.75, 3.05) is 26.8 Å². The van der Waals surface area contributed by atoms with E-state index in [-0.39, 0.29) is 25.3 Å². The van der Waals surface area contributed by atoms with E-state index in [1.54, 1.807) is 0 Å². The monoisotopic (exact) mass is 381 g/mol. The van der Waals surface area contributed by atoms with Crippen LogP contribution in [-0.2, 0) is 21.4 Å². The number of halogens is 2. The molecule has 0 spiro atoms. The van der Waals surface area contributed by atoms with Crippen LogP contribution in [0.2, 0.25) is 0 Å². The van der Waals surface area contributed by atoms with Crippen LogP contribution in [-0.4, -0.2) is 44.6 Å². The van der Waals surface area contributed by atoms with Crippen LogP contribution in [0.15, 0.2) is 34.2 Å². The second kappa shape index (κ2) is 8.00. The fourth-order valence-corrected chi connectivity index (χ4v) is 3.89. The lowest BCUT2D eigenvalue weighted by Crippen LogP contribution is -2.34. The summed E-state index contributed by atoms with van der Waals surface area (Å²) in [4.78, 5) is -0.487. The summed E-state index contributed by atoms with van der Waals surface area (Å²) in [6, 6.07) is 2.51. The molecule has 0 saturated carbocycles. The third kappa shape index (κ3) is 4.33. The Morgan fingerprint density at radius 1 is 1.52 bits per heavy atom. The van der Waals surface area contributed by atoms with Crippen molar-refractivity contribution in [2.24, 2.45) is 0 Å². The van der Waals surface area contributed by atoms with E-state index < -0.39 is 27.3 Å². The molecular formula is C13H17BrFNO4S. The van der Waals surface area contributed by atoms with Gasteiger partial charge in [-0.25, -0.2) is 12.8 Å². The second-order valence-corrected chi connectivity index (χ2v) is 7.00. The highest BCUT2D eigenvalue weighted by molar-refractivity contribution is 9.10. The summed E-state index contributed by atoms with van der Waals surface area (Å²) in [5.41, 5.74) is -0.0896. The van der Waals surface area contributed by atoms with Crippen LogP contribution in [0.25, 0.3) is 0 Å². The first-order valence-electron chi connectivity index (χ1n) is 6.07. The number of nitrogens with zero attached hydrogens (tertiary/aromatic N) is 1. The van der Waals surface area contributed by atoms with E-state index in [1.165, 1.54) is 25.3 Å². The lowest BCUT2D eigenvalue weighted by atomic mass is 10.2. The van der Waals surface area contributed by atoms with Gasteiger partial charge in [-0.15, -0.1) is 6.58 Å². The van der Waals surface area contributed by atoms with Gasteiger partial charge >= 0.3 is 0 Å². The van der Waals surface area contributed by atoms with E-state index in [9.17, 15) is 12.8 Å². The molecule has 0 aliphatic heterocycles. The van der Waals surface area contributed by atoms with E-state index in [0.29, 0.717) is 4.47 Å². The van der Waals surface area contributed by atoms with Crippen molar-refractivity contribution in [2.45, 2.75) is 11.5 Å². The molecule has 0 atom stereocenters. The topological polar surface area (TPSA) is 66.8 Å². The minimum absolute atomic E-state index is 0.0338. The van der Waals surface area contributed by atoms with Crippen LogP contribution in [0, 0.1) is 5.82 Å². The number of hydrogen-bond acceptors (Lipinski definition) is 4. The lowest BCUT2D eigenvalue weighted by molar-refractivity contribution is 0.182. The van der Waals surface area contributed by atoms with Crippen molar-refractivity contribution in [3.8, 4) is 0 Å². The zero-order valence-corrected chi connectivity index (χ0v) is 14.0. The maximum atomic E-state index is 14.2. The highest BCUT2D eigenvalue weighted by atomic mass is 79.9. The molecule has 0 radical (unpaired) electrons. The van der Waals surface area contributed by atoms with Gasteiger partial charge in [0.2, 0.25) is 10.0 Å². The van der Waals surface area contributed by atoms with E-state index >= 15 is 0 Å². The summed E-state index contributed by atoms with van der Waals surface area (Å²) in [6.45, 7) is 3.19. The van der Waals surface area contributed by atoms with Gasteiger partial charge in [-0.2, -0.15) is 4.31 Å². The molecule has 0 unspecified atom stereocenters. The molecule has 0 aliphatic carbocycles. The molecule has 5 nitrogen and oxygen atoms in total. The average Bonchev–Trinajstić information content (AvgIpc) is 2.45. The second-order valence-electron chi connectivity index (χ2n) is 4.18. The fourth-order valence-electron chi connectivity index (χ4n) is 1.71. The minimum atomic E-state index is -4.06. The van der Waals surface area contributed by atoms with Gasteiger partial charge in [0.25, 0.3) is 0 Å². The average molecular weight is 382 g/mol. The Balaban J connectivity index is 3.33. The zero-order valence-electron chi connectivity index (χ0n) is 11.6. The fraction of sp³-hybridized carbons (Fsp3) is 0.385. The van der Waals surface area contributed by atoms with Gasteiger partial charge in [0.15, 0.2) is 0 Å². The first-order chi connectivity index (χ1) is 9.88. The van der Waals surface area contributed by atoms with E-state index in [0.717, 1.165) is 4.31 Å². The maximum absolute atomic E-state index is 14.2. The Morgan fingerprint density at radius 3 is 2.71 bits per heavy atom. The van der Waals surface area contributed by atoms with E-state index in [1.807, 2.05) is 0 Å². The van der Waals surface area contributed by atoms with Crippen molar-refractivity contribution < 1.29 is 22.7 Å². The highest BCUT2D eigenvalue weighted by Crippen LogP contribution is 2.26. The molecule has 0 bridgehead atoms. The normalized spacial score (nSPS) is 11.9. The van der Waals surface area contributed by atoms with Gasteiger partial charge in [0, 0.05) is 30.2 Å². The van der Waals surface area contributed by atoms with Crippen LogP contribution < -0.4 is 0 Å². The molecule has 8 heteroatoms. The van der Waals surface area contributed by atoms with Crippen LogP contribution in [0.5, 0.6) is 0 Å². The molecule has 1 aromatic carbocycles. The summed E-state index contributed by atoms with van der Waals surface area (Å²) in [7, 11) is -2.61. The summed E-state index contributed by atoms with van der Waals surface area (Å²) in [6.07, 6.45) is 1.41. The number of methoxy groups -OCH3 is 1. The van der Waals surface area contributed by atoms with Crippen molar-refractivity contribution >= 4 is 26.0 Å². The molecule has 1 rings (SSSR count). The van der Waals surface area contributed by atoms with E-state index in [4.69, 9.17) is 9.84 Å². The van der Waals surface area contributed by atoms with Crippen LogP contribution in [0.3, 0.4) is 0 Å². The first kappa shape index (κ1) is 18.2. The Kier molecular flexibility index (Phi) is 6.95. The van der Waals surface area contributed by atoms with Gasteiger partial charge < -0.3 is 9.84 Å². The Bertz CT molecular complexity index is 606. The molecule has 1 N–H and O–H groups in total. The number of benzene rings is 1. The SMILES string of the molecule is C=CCN(CCOC)S(=O)(=O)c1cc(Br)cc(CO)c1F. The zero-order chi connectivity index (χ0) is 16.0. The number of rotatable bonds is 8. The number of hydrogen-bond donors (Lipinski definition) is 1. The number of ether oxygens (including phenoxy) is 1. The van der Waals surface area contributed by atoms with Gasteiger partial charge in [0.05, 0.1) is 13.2 Å². The molecule has 0 aliphatic rings. The molecule has 0 fully saturated rings. The van der Waals surface area contributed by atoms with Crippen molar-refractivity contribution in [3.63, 3.8) is 0 Å². The summed E-state index contributed by atoms with van der Waals surface area (Å²) in [5, 5.41) is 9.11. The summed E-state index contributed by atoms with van der Waals surface area (Å²) in [5.74, 6) is -0.952. The first-order valence-corrected chi connectivity index (χ1v) is 8.30. The van der Waals surface area contributed by atoms with Crippen molar-refractivity contribution in [1.82, 2.24) is 4.31 Å². The number of aliphatic hydroxyl groups excluding tert-OH is 1. The Morgan fingerprint density at radius 2 is 2.19 bits per heavy atom. The summed E-state index contributed by atoms with van der Waals surface area (Å²) < 4.78 is 45.6. The standard InChI is InChI=1S/C13H17BrFNO4S/c1-3-4-16(5-6-20-2)21(18,19)12-8-11(14)7-10(9-17)13(12)15/h3,7-8,17H,1,4-6,9H2,2H3. The van der Waals surface area contributed by atoms with E-state index in [2.05, 4.69) is 22.5 Å². The molecule has 0 amide bonds. The van der Waals surface area contributed by atoms with Gasteiger partial charge in [-0.3, -0.25) is 0 Å². The smallest absolute Gasteiger partial charge is 0.246 e. The van der Waals surface area contributed by atoms with Crippen LogP contribution in [0.4, 0.5) is 4.39 Å². The quantitative estimate of drug-likeness (QED) is 0.698. The Labute approximate surface area is 132 Å². The molecule has 21 heavy (non-hydrogen) atoms. The summed E-state index contributed by atoms with van der Waals surface area (Å²) >= 11 is 3.12. The van der Waals surface area contributed by atoms with Crippen molar-refractivity contribution in [3.05, 3.63) is 40.6 Å². The van der Waals surface area contributed by atoms with Gasteiger partial charge in [-0.1, -0.05) is 22.0 Å². The molecule has 0 aromatic heterocycles. The van der Waals surface area contributed by atoms with Gasteiger partial charge in [0.1, 0.15) is 10.7 Å². The lowest BCUT2D eigenvalue weighted by Gasteiger charge is -2.21. The highest BCUT2D eigenvalue weighted by Gasteiger charge is 2.28. The molecule has 0 heterocycles.